The van der Waals surface area contributed by atoms with Gasteiger partial charge in [-0.2, -0.15) is 0 Å². The number of carbonyl (C=O) groups excluding carboxylic acids is 2. The molecule has 0 saturated carbocycles. The van der Waals surface area contributed by atoms with Gasteiger partial charge in [0.05, 0.1) is 0 Å². The Kier molecular flexibility index (Phi) is 5.51. The van der Waals surface area contributed by atoms with E-state index in [1.807, 2.05) is 6.07 Å². The molecule has 1 aromatic rings. The number of nitrogens with one attached hydrogen (secondary N) is 2. The summed E-state index contributed by atoms with van der Waals surface area (Å²) in [5, 5.41) is 5.61. The molecule has 1 aliphatic carbocycles. The van der Waals surface area contributed by atoms with Crippen molar-refractivity contribution in [3.05, 3.63) is 36.4 Å². The van der Waals surface area contributed by atoms with Crippen LogP contribution in [0.2, 0.25) is 0 Å². The molecular formula is C16H20N2O3. The van der Waals surface area contributed by atoms with E-state index in [4.69, 9.17) is 4.74 Å². The van der Waals surface area contributed by atoms with Crippen LogP contribution in [0.15, 0.2) is 36.4 Å². The molecule has 112 valence electrons. The number of hydrogen-bond acceptors (Lipinski definition) is 3. The summed E-state index contributed by atoms with van der Waals surface area (Å²) in [6.07, 6.45) is 6.78. The topological polar surface area (TPSA) is 67.4 Å². The van der Waals surface area contributed by atoms with Crippen molar-refractivity contribution in [1.29, 1.82) is 0 Å². The first kappa shape index (κ1) is 15.3. The van der Waals surface area contributed by atoms with Gasteiger partial charge in [-0.05, 0) is 37.5 Å². The predicted octanol–water partition coefficient (Wildman–Crippen LogP) is 2.57. The largest absolute Gasteiger partial charge is 0.375 e. The summed E-state index contributed by atoms with van der Waals surface area (Å²) in [6.45, 7) is 0.00496. The van der Waals surface area contributed by atoms with E-state index in [0.29, 0.717) is 11.4 Å². The first-order valence-electron chi connectivity index (χ1n) is 7.04. The third kappa shape index (κ3) is 4.72. The molecule has 0 aromatic heterocycles. The van der Waals surface area contributed by atoms with Crippen LogP contribution in [0.3, 0.4) is 0 Å². The highest BCUT2D eigenvalue weighted by Gasteiger charge is 2.18. The average Bonchev–Trinajstić information content (AvgIpc) is 2.48. The summed E-state index contributed by atoms with van der Waals surface area (Å²) in [4.78, 5) is 23.6. The molecule has 1 unspecified atom stereocenters. The van der Waals surface area contributed by atoms with Crippen LogP contribution in [-0.2, 0) is 14.3 Å². The van der Waals surface area contributed by atoms with E-state index in [1.54, 1.807) is 18.2 Å². The van der Waals surface area contributed by atoms with Crippen LogP contribution in [0.25, 0.3) is 0 Å². The van der Waals surface area contributed by atoms with Gasteiger partial charge in [-0.25, -0.2) is 0 Å². The van der Waals surface area contributed by atoms with Crippen molar-refractivity contribution in [3.8, 4) is 0 Å². The number of methoxy groups -OCH3 is 1. The summed E-state index contributed by atoms with van der Waals surface area (Å²) in [6, 6.07) is 7.11. The Morgan fingerprint density at radius 1 is 1.24 bits per heavy atom. The minimum Gasteiger partial charge on any atom is -0.375 e. The molecule has 0 bridgehead atoms. The molecule has 0 heterocycles. The molecule has 5 heteroatoms. The van der Waals surface area contributed by atoms with Crippen LogP contribution in [0, 0.1) is 5.92 Å². The summed E-state index contributed by atoms with van der Waals surface area (Å²) >= 11 is 0. The Bertz CT molecular complexity index is 540. The van der Waals surface area contributed by atoms with Crippen LogP contribution >= 0.6 is 0 Å². The Labute approximate surface area is 124 Å². The number of ether oxygens (including phenoxy) is 1. The maximum atomic E-state index is 12.2. The van der Waals surface area contributed by atoms with Gasteiger partial charge in [0.25, 0.3) is 0 Å². The lowest BCUT2D eigenvalue weighted by molar-refractivity contribution is -0.120. The minimum absolute atomic E-state index is 0.00496. The first-order chi connectivity index (χ1) is 10.2. The molecule has 1 aromatic carbocycles. The van der Waals surface area contributed by atoms with Gasteiger partial charge in [0.1, 0.15) is 6.61 Å². The SMILES string of the molecule is COCC(=O)Nc1cccc(NC(=O)C2CC=CCC2)c1. The van der Waals surface area contributed by atoms with Crippen molar-refractivity contribution in [3.63, 3.8) is 0 Å². The molecule has 0 saturated heterocycles. The van der Waals surface area contributed by atoms with Gasteiger partial charge in [-0.1, -0.05) is 18.2 Å². The quantitative estimate of drug-likeness (QED) is 0.818. The highest BCUT2D eigenvalue weighted by molar-refractivity contribution is 5.95. The second-order valence-corrected chi connectivity index (χ2v) is 5.03. The first-order valence-corrected chi connectivity index (χ1v) is 7.04. The second-order valence-electron chi connectivity index (χ2n) is 5.03. The minimum atomic E-state index is -0.224. The number of amides is 2. The average molecular weight is 288 g/mol. The molecule has 5 nitrogen and oxygen atoms in total. The maximum Gasteiger partial charge on any atom is 0.250 e. The zero-order chi connectivity index (χ0) is 15.1. The van der Waals surface area contributed by atoms with Crippen molar-refractivity contribution in [2.24, 2.45) is 5.92 Å². The van der Waals surface area contributed by atoms with Crippen LogP contribution < -0.4 is 10.6 Å². The second kappa shape index (κ2) is 7.59. The van der Waals surface area contributed by atoms with E-state index in [9.17, 15) is 9.59 Å². The molecule has 2 rings (SSSR count). The van der Waals surface area contributed by atoms with Gasteiger partial charge in [-0.3, -0.25) is 9.59 Å². The fourth-order valence-corrected chi connectivity index (χ4v) is 2.28. The summed E-state index contributed by atoms with van der Waals surface area (Å²) in [5.74, 6) is -0.167. The van der Waals surface area contributed by atoms with E-state index in [0.717, 1.165) is 19.3 Å². The Morgan fingerprint density at radius 3 is 2.67 bits per heavy atom. The lowest BCUT2D eigenvalue weighted by Crippen LogP contribution is -2.23. The van der Waals surface area contributed by atoms with Crippen LogP contribution in [0.5, 0.6) is 0 Å². The molecular weight excluding hydrogens is 268 g/mol. The van der Waals surface area contributed by atoms with Gasteiger partial charge in [0.15, 0.2) is 0 Å². The summed E-state index contributed by atoms with van der Waals surface area (Å²) in [7, 11) is 1.47. The van der Waals surface area contributed by atoms with Crippen molar-refractivity contribution < 1.29 is 14.3 Å². The molecule has 0 aliphatic heterocycles. The fraction of sp³-hybridized carbons (Fsp3) is 0.375. The van der Waals surface area contributed by atoms with Crippen molar-refractivity contribution in [1.82, 2.24) is 0 Å². The lowest BCUT2D eigenvalue weighted by atomic mass is 9.93. The number of rotatable bonds is 5. The van der Waals surface area contributed by atoms with E-state index in [1.165, 1.54) is 7.11 Å². The molecule has 1 atom stereocenters. The number of allylic oxidation sites excluding steroid dienone is 2. The number of hydrogen-bond donors (Lipinski definition) is 2. The number of anilines is 2. The van der Waals surface area contributed by atoms with Gasteiger partial charge >= 0.3 is 0 Å². The van der Waals surface area contributed by atoms with E-state index in [2.05, 4.69) is 22.8 Å². The molecule has 2 amide bonds. The molecule has 2 N–H and O–H groups in total. The highest BCUT2D eigenvalue weighted by atomic mass is 16.5. The smallest absolute Gasteiger partial charge is 0.250 e. The monoisotopic (exact) mass is 288 g/mol. The van der Waals surface area contributed by atoms with Crippen molar-refractivity contribution in [2.75, 3.05) is 24.4 Å². The number of benzene rings is 1. The lowest BCUT2D eigenvalue weighted by Gasteiger charge is -2.17. The summed E-state index contributed by atoms with van der Waals surface area (Å²) in [5.41, 5.74) is 1.32. The molecule has 0 fully saturated rings. The van der Waals surface area contributed by atoms with Crippen molar-refractivity contribution >= 4 is 23.2 Å². The van der Waals surface area contributed by atoms with E-state index in [-0.39, 0.29) is 24.3 Å². The Hall–Kier alpha value is -2.14. The van der Waals surface area contributed by atoms with E-state index < -0.39 is 0 Å². The summed E-state index contributed by atoms with van der Waals surface area (Å²) < 4.78 is 4.76. The highest BCUT2D eigenvalue weighted by Crippen LogP contribution is 2.21. The van der Waals surface area contributed by atoms with Gasteiger partial charge in [-0.15, -0.1) is 0 Å². The predicted molar refractivity (Wildman–Crippen MR) is 82.1 cm³/mol. The zero-order valence-electron chi connectivity index (χ0n) is 12.1. The fourth-order valence-electron chi connectivity index (χ4n) is 2.28. The molecule has 0 radical (unpaired) electrons. The normalized spacial score (nSPS) is 17.3. The third-order valence-corrected chi connectivity index (χ3v) is 3.33. The molecule has 1 aliphatic rings. The van der Waals surface area contributed by atoms with Crippen LogP contribution in [-0.4, -0.2) is 25.5 Å². The van der Waals surface area contributed by atoms with Crippen LogP contribution in [0.1, 0.15) is 19.3 Å². The Morgan fingerprint density at radius 2 is 2.00 bits per heavy atom. The molecule has 0 spiro atoms. The van der Waals surface area contributed by atoms with Crippen LogP contribution in [0.4, 0.5) is 11.4 Å². The van der Waals surface area contributed by atoms with Gasteiger partial charge in [0.2, 0.25) is 11.8 Å². The maximum absolute atomic E-state index is 12.2. The van der Waals surface area contributed by atoms with Gasteiger partial charge < -0.3 is 15.4 Å². The number of carbonyl (C=O) groups is 2. The molecule has 21 heavy (non-hydrogen) atoms. The standard InChI is InChI=1S/C16H20N2O3/c1-21-11-15(19)17-13-8-5-9-14(10-13)18-16(20)12-6-3-2-4-7-12/h2-3,5,8-10,12H,4,6-7,11H2,1H3,(H,17,19)(H,18,20). The van der Waals surface area contributed by atoms with Crippen molar-refractivity contribution in [2.45, 2.75) is 19.3 Å². The zero-order valence-corrected chi connectivity index (χ0v) is 12.1. The Balaban J connectivity index is 1.95. The van der Waals surface area contributed by atoms with Gasteiger partial charge in [0, 0.05) is 24.4 Å². The third-order valence-electron chi connectivity index (χ3n) is 3.33. The van der Waals surface area contributed by atoms with E-state index >= 15 is 0 Å².